The third-order valence-corrected chi connectivity index (χ3v) is 8.88. The van der Waals surface area contributed by atoms with E-state index in [2.05, 4.69) is 31.1 Å². The van der Waals surface area contributed by atoms with E-state index < -0.39 is 10.0 Å². The molecule has 1 aromatic heterocycles. The van der Waals surface area contributed by atoms with Gasteiger partial charge in [0.15, 0.2) is 0 Å². The maximum Gasteiger partial charge on any atom is 0.243 e. The predicted molar refractivity (Wildman–Crippen MR) is 128 cm³/mol. The van der Waals surface area contributed by atoms with Crippen molar-refractivity contribution < 1.29 is 13.2 Å². The summed E-state index contributed by atoms with van der Waals surface area (Å²) in [4.78, 5) is 17.5. The SMILES string of the molecule is CC(C)(C)c1ccc(S(=O)(=O)N2CCC(C(=O)NCc3nc4ccccc4s3)CC2)cc1. The molecule has 2 heterocycles. The molecule has 1 saturated heterocycles. The number of rotatable bonds is 5. The summed E-state index contributed by atoms with van der Waals surface area (Å²) in [6.45, 7) is 7.40. The smallest absolute Gasteiger partial charge is 0.243 e. The lowest BCUT2D eigenvalue weighted by Crippen LogP contribution is -2.42. The fourth-order valence-electron chi connectivity index (χ4n) is 3.94. The lowest BCUT2D eigenvalue weighted by Gasteiger charge is -2.30. The lowest BCUT2D eigenvalue weighted by atomic mass is 9.87. The number of carbonyl (C=O) groups is 1. The van der Waals surface area contributed by atoms with E-state index in [1.807, 2.05) is 36.4 Å². The van der Waals surface area contributed by atoms with Gasteiger partial charge >= 0.3 is 0 Å². The summed E-state index contributed by atoms with van der Waals surface area (Å²) < 4.78 is 28.7. The van der Waals surface area contributed by atoms with E-state index in [1.165, 1.54) is 4.31 Å². The summed E-state index contributed by atoms with van der Waals surface area (Å²) in [6, 6.07) is 15.0. The number of nitrogens with one attached hydrogen (secondary N) is 1. The molecule has 0 aliphatic carbocycles. The van der Waals surface area contributed by atoms with Gasteiger partial charge in [0, 0.05) is 19.0 Å². The van der Waals surface area contributed by atoms with Crippen LogP contribution in [0.4, 0.5) is 0 Å². The molecule has 1 N–H and O–H groups in total. The zero-order valence-corrected chi connectivity index (χ0v) is 20.3. The number of para-hydroxylation sites is 1. The maximum absolute atomic E-state index is 13.0. The number of sulfonamides is 1. The Morgan fingerprint density at radius 1 is 1.09 bits per heavy atom. The first-order chi connectivity index (χ1) is 15.1. The molecule has 1 fully saturated rings. The van der Waals surface area contributed by atoms with Crippen molar-refractivity contribution in [1.82, 2.24) is 14.6 Å². The van der Waals surface area contributed by atoms with Crippen molar-refractivity contribution in [3.63, 3.8) is 0 Å². The molecule has 8 heteroatoms. The van der Waals surface area contributed by atoms with Crippen LogP contribution in [0.15, 0.2) is 53.4 Å². The number of nitrogens with zero attached hydrogens (tertiary/aromatic N) is 2. The van der Waals surface area contributed by atoms with Crippen molar-refractivity contribution in [2.45, 2.75) is 50.5 Å². The number of carbonyl (C=O) groups excluding carboxylic acids is 1. The number of aromatic nitrogens is 1. The molecule has 4 rings (SSSR count). The van der Waals surface area contributed by atoms with Crippen molar-refractivity contribution in [3.05, 3.63) is 59.1 Å². The van der Waals surface area contributed by atoms with Crippen molar-refractivity contribution >= 4 is 37.5 Å². The van der Waals surface area contributed by atoms with Crippen LogP contribution in [0.3, 0.4) is 0 Å². The van der Waals surface area contributed by atoms with E-state index in [0.717, 1.165) is 20.8 Å². The summed E-state index contributed by atoms with van der Waals surface area (Å²) in [6.07, 6.45) is 1.04. The summed E-state index contributed by atoms with van der Waals surface area (Å²) in [5.74, 6) is -0.213. The molecule has 0 atom stereocenters. The van der Waals surface area contributed by atoms with Gasteiger partial charge in [-0.15, -0.1) is 11.3 Å². The van der Waals surface area contributed by atoms with Crippen LogP contribution in [0.1, 0.15) is 44.2 Å². The molecule has 0 radical (unpaired) electrons. The lowest BCUT2D eigenvalue weighted by molar-refractivity contribution is -0.126. The molecule has 0 bridgehead atoms. The van der Waals surface area contributed by atoms with Gasteiger partial charge in [0.25, 0.3) is 0 Å². The zero-order valence-electron chi connectivity index (χ0n) is 18.7. The average molecular weight is 472 g/mol. The fourth-order valence-corrected chi connectivity index (χ4v) is 6.31. The minimum Gasteiger partial charge on any atom is -0.349 e. The quantitative estimate of drug-likeness (QED) is 0.601. The first-order valence-electron chi connectivity index (χ1n) is 10.9. The summed E-state index contributed by atoms with van der Waals surface area (Å²) in [5.41, 5.74) is 2.01. The van der Waals surface area contributed by atoms with Gasteiger partial charge in [-0.2, -0.15) is 4.31 Å². The number of amides is 1. The highest BCUT2D eigenvalue weighted by Crippen LogP contribution is 2.27. The van der Waals surface area contributed by atoms with Crippen LogP contribution in [0.2, 0.25) is 0 Å². The molecular weight excluding hydrogens is 442 g/mol. The van der Waals surface area contributed by atoms with Crippen LogP contribution < -0.4 is 5.32 Å². The fraction of sp³-hybridized carbons (Fsp3) is 0.417. The average Bonchev–Trinajstić information content (AvgIpc) is 3.20. The van der Waals surface area contributed by atoms with Gasteiger partial charge in [0.2, 0.25) is 15.9 Å². The second-order valence-electron chi connectivity index (χ2n) is 9.25. The van der Waals surface area contributed by atoms with Crippen LogP contribution in [-0.4, -0.2) is 36.7 Å². The van der Waals surface area contributed by atoms with Crippen molar-refractivity contribution in [2.75, 3.05) is 13.1 Å². The van der Waals surface area contributed by atoms with E-state index in [1.54, 1.807) is 23.5 Å². The molecule has 6 nitrogen and oxygen atoms in total. The summed E-state index contributed by atoms with van der Waals surface area (Å²) in [5, 5.41) is 3.85. The Morgan fingerprint density at radius 2 is 1.75 bits per heavy atom. The Kier molecular flexibility index (Phi) is 6.38. The molecule has 0 saturated carbocycles. The second-order valence-corrected chi connectivity index (χ2v) is 12.3. The van der Waals surface area contributed by atoms with Gasteiger partial charge in [0.1, 0.15) is 5.01 Å². The highest BCUT2D eigenvalue weighted by Gasteiger charge is 2.32. The minimum absolute atomic E-state index is 0.0284. The number of piperidine rings is 1. The molecule has 0 unspecified atom stereocenters. The number of fused-ring (bicyclic) bond motifs is 1. The van der Waals surface area contributed by atoms with Crippen LogP contribution in [0.25, 0.3) is 10.2 Å². The molecule has 1 amide bonds. The Morgan fingerprint density at radius 3 is 2.38 bits per heavy atom. The third kappa shape index (κ3) is 4.87. The van der Waals surface area contributed by atoms with Crippen LogP contribution in [0, 0.1) is 5.92 Å². The second kappa shape index (κ2) is 8.92. The van der Waals surface area contributed by atoms with Gasteiger partial charge in [0.05, 0.1) is 21.7 Å². The molecule has 3 aromatic rings. The first kappa shape index (κ1) is 22.9. The third-order valence-electron chi connectivity index (χ3n) is 5.93. The van der Waals surface area contributed by atoms with Gasteiger partial charge in [-0.05, 0) is 48.1 Å². The largest absolute Gasteiger partial charge is 0.349 e. The van der Waals surface area contributed by atoms with Crippen LogP contribution >= 0.6 is 11.3 Å². The predicted octanol–water partition coefficient (Wildman–Crippen LogP) is 4.31. The number of thiazole rings is 1. The van der Waals surface area contributed by atoms with E-state index in [-0.39, 0.29) is 17.2 Å². The molecule has 2 aromatic carbocycles. The Balaban J connectivity index is 1.33. The monoisotopic (exact) mass is 471 g/mol. The minimum atomic E-state index is -3.55. The summed E-state index contributed by atoms with van der Waals surface area (Å²) >= 11 is 1.58. The van der Waals surface area contributed by atoms with E-state index >= 15 is 0 Å². The van der Waals surface area contributed by atoms with Crippen LogP contribution in [-0.2, 0) is 26.8 Å². The van der Waals surface area contributed by atoms with E-state index in [9.17, 15) is 13.2 Å². The Hall–Kier alpha value is -2.29. The zero-order chi connectivity index (χ0) is 22.9. The highest BCUT2D eigenvalue weighted by atomic mass is 32.2. The highest BCUT2D eigenvalue weighted by molar-refractivity contribution is 7.89. The van der Waals surface area contributed by atoms with Gasteiger partial charge < -0.3 is 5.32 Å². The van der Waals surface area contributed by atoms with Gasteiger partial charge in [-0.1, -0.05) is 45.0 Å². The number of benzene rings is 2. The molecular formula is C24H29N3O3S2. The normalized spacial score (nSPS) is 16.3. The van der Waals surface area contributed by atoms with E-state index in [4.69, 9.17) is 0 Å². The first-order valence-corrected chi connectivity index (χ1v) is 13.1. The van der Waals surface area contributed by atoms with Gasteiger partial charge in [-0.25, -0.2) is 13.4 Å². The molecule has 32 heavy (non-hydrogen) atoms. The maximum atomic E-state index is 13.0. The molecule has 0 spiro atoms. The number of hydrogen-bond donors (Lipinski definition) is 1. The van der Waals surface area contributed by atoms with Crippen LogP contribution in [0.5, 0.6) is 0 Å². The Labute approximate surface area is 193 Å². The Bertz CT molecular complexity index is 1170. The summed E-state index contributed by atoms with van der Waals surface area (Å²) in [7, 11) is -3.55. The number of hydrogen-bond acceptors (Lipinski definition) is 5. The van der Waals surface area contributed by atoms with Crippen molar-refractivity contribution in [3.8, 4) is 0 Å². The standard InChI is InChI=1S/C24H29N3O3S2/c1-24(2,3)18-8-10-19(11-9-18)32(29,30)27-14-12-17(13-15-27)23(28)25-16-22-26-20-6-4-5-7-21(20)31-22/h4-11,17H,12-16H2,1-3H3,(H,25,28). The molecule has 1 aliphatic rings. The molecule has 170 valence electrons. The topological polar surface area (TPSA) is 79.4 Å². The van der Waals surface area contributed by atoms with E-state index in [0.29, 0.717) is 37.4 Å². The van der Waals surface area contributed by atoms with Crippen molar-refractivity contribution in [2.24, 2.45) is 5.92 Å². The van der Waals surface area contributed by atoms with Gasteiger partial charge in [-0.3, -0.25) is 4.79 Å². The molecule has 1 aliphatic heterocycles. The van der Waals surface area contributed by atoms with Crippen molar-refractivity contribution in [1.29, 1.82) is 0 Å².